The van der Waals surface area contributed by atoms with Crippen LogP contribution in [0, 0.1) is 0 Å². The summed E-state index contributed by atoms with van der Waals surface area (Å²) < 4.78 is 10.8. The summed E-state index contributed by atoms with van der Waals surface area (Å²) in [5, 5.41) is 10.6. The fourth-order valence-corrected chi connectivity index (χ4v) is 4.80. The predicted octanol–water partition coefficient (Wildman–Crippen LogP) is 3.18. The Morgan fingerprint density at radius 3 is 2.22 bits per heavy atom. The molecule has 4 rings (SSSR count). The maximum Gasteiger partial charge on any atom is 0.233 e. The lowest BCUT2D eigenvalue weighted by Gasteiger charge is -2.46. The number of hydrogen-bond donors (Lipinski definition) is 3. The summed E-state index contributed by atoms with van der Waals surface area (Å²) >= 11 is 0. The molecule has 0 unspecified atom stereocenters. The number of morpholine rings is 1. The van der Waals surface area contributed by atoms with Gasteiger partial charge >= 0.3 is 0 Å². The van der Waals surface area contributed by atoms with Crippen LogP contribution in [0.15, 0.2) is 24.3 Å². The number of nitrogens with zero attached hydrogens (tertiary/aromatic N) is 4. The van der Waals surface area contributed by atoms with Gasteiger partial charge in [-0.3, -0.25) is 0 Å². The molecule has 174 valence electrons. The zero-order valence-corrected chi connectivity index (χ0v) is 19.7. The maximum absolute atomic E-state index is 5.50. The number of methoxy groups -OCH3 is 1. The average Bonchev–Trinajstić information content (AvgIpc) is 2.72. The summed E-state index contributed by atoms with van der Waals surface area (Å²) in [4.78, 5) is 16.3. The second kappa shape index (κ2) is 9.07. The molecule has 2 aromatic rings. The van der Waals surface area contributed by atoms with Gasteiger partial charge in [0.05, 0.1) is 20.3 Å². The number of ether oxygens (including phenoxy) is 2. The molecule has 2 saturated heterocycles. The van der Waals surface area contributed by atoms with Gasteiger partial charge in [0.1, 0.15) is 5.75 Å². The van der Waals surface area contributed by atoms with Crippen molar-refractivity contribution in [3.05, 3.63) is 24.3 Å². The SMILES string of the molecule is COc1ccc(Nc2nc(NC3CC(C)(C)NC(C)(C)C3)nc(N3CCOCC3)n2)cc1. The molecule has 0 radical (unpaired) electrons. The molecule has 3 heterocycles. The largest absolute Gasteiger partial charge is 0.497 e. The van der Waals surface area contributed by atoms with Crippen LogP contribution >= 0.6 is 0 Å². The second-order valence-electron chi connectivity index (χ2n) is 9.88. The predicted molar refractivity (Wildman–Crippen MR) is 127 cm³/mol. The number of piperidine rings is 1. The molecule has 0 amide bonds. The highest BCUT2D eigenvalue weighted by atomic mass is 16.5. The van der Waals surface area contributed by atoms with E-state index in [0.29, 0.717) is 31.1 Å². The van der Waals surface area contributed by atoms with E-state index in [1.807, 2.05) is 24.3 Å². The summed E-state index contributed by atoms with van der Waals surface area (Å²) in [6, 6.07) is 7.97. The first-order valence-corrected chi connectivity index (χ1v) is 11.3. The Labute approximate surface area is 190 Å². The Kier molecular flexibility index (Phi) is 6.39. The van der Waals surface area contributed by atoms with Crippen molar-refractivity contribution in [3.8, 4) is 5.75 Å². The molecule has 0 saturated carbocycles. The summed E-state index contributed by atoms with van der Waals surface area (Å²) in [7, 11) is 1.66. The van der Waals surface area contributed by atoms with Crippen molar-refractivity contribution in [2.75, 3.05) is 48.9 Å². The zero-order chi connectivity index (χ0) is 22.8. The van der Waals surface area contributed by atoms with Crippen LogP contribution in [0.3, 0.4) is 0 Å². The van der Waals surface area contributed by atoms with Crippen LogP contribution < -0.4 is 25.6 Å². The van der Waals surface area contributed by atoms with Gasteiger partial charge in [0, 0.05) is 35.9 Å². The number of nitrogens with one attached hydrogen (secondary N) is 3. The Hall–Kier alpha value is -2.65. The van der Waals surface area contributed by atoms with Crippen molar-refractivity contribution in [2.45, 2.75) is 57.7 Å². The van der Waals surface area contributed by atoms with Gasteiger partial charge < -0.3 is 30.3 Å². The molecular weight excluding hydrogens is 406 g/mol. The average molecular weight is 442 g/mol. The molecular formula is C23H35N7O2. The van der Waals surface area contributed by atoms with Crippen LogP contribution in [0.1, 0.15) is 40.5 Å². The highest BCUT2D eigenvalue weighted by molar-refractivity contribution is 5.57. The van der Waals surface area contributed by atoms with Gasteiger partial charge in [0.25, 0.3) is 0 Å². The van der Waals surface area contributed by atoms with E-state index >= 15 is 0 Å². The van der Waals surface area contributed by atoms with Crippen molar-refractivity contribution in [2.24, 2.45) is 0 Å². The summed E-state index contributed by atoms with van der Waals surface area (Å²) in [6.07, 6.45) is 1.96. The minimum atomic E-state index is 0.0314. The van der Waals surface area contributed by atoms with E-state index in [0.717, 1.165) is 37.4 Å². The molecule has 0 bridgehead atoms. The van der Waals surface area contributed by atoms with Gasteiger partial charge in [-0.25, -0.2) is 0 Å². The summed E-state index contributed by atoms with van der Waals surface area (Å²) in [5.41, 5.74) is 0.952. The summed E-state index contributed by atoms with van der Waals surface area (Å²) in [6.45, 7) is 11.8. The van der Waals surface area contributed by atoms with E-state index in [-0.39, 0.29) is 17.1 Å². The summed E-state index contributed by atoms with van der Waals surface area (Å²) in [5.74, 6) is 2.57. The molecule has 2 aliphatic rings. The number of aromatic nitrogens is 3. The topological polar surface area (TPSA) is 96.5 Å². The van der Waals surface area contributed by atoms with Crippen molar-refractivity contribution in [1.29, 1.82) is 0 Å². The highest BCUT2D eigenvalue weighted by Crippen LogP contribution is 2.30. The molecule has 0 aliphatic carbocycles. The first-order valence-electron chi connectivity index (χ1n) is 11.3. The van der Waals surface area contributed by atoms with Gasteiger partial charge in [-0.1, -0.05) is 0 Å². The molecule has 2 aliphatic heterocycles. The van der Waals surface area contributed by atoms with Gasteiger partial charge in [0.2, 0.25) is 17.8 Å². The van der Waals surface area contributed by atoms with Gasteiger partial charge in [-0.05, 0) is 64.8 Å². The standard InChI is InChI=1S/C23H35N7O2/c1-22(2)14-17(15-23(3,4)29-22)25-20-26-19(24-16-6-8-18(31-5)9-7-16)27-21(28-20)30-10-12-32-13-11-30/h6-9,17,29H,10-15H2,1-5H3,(H2,24,25,26,27,28). The maximum atomic E-state index is 5.50. The van der Waals surface area contributed by atoms with Crippen molar-refractivity contribution < 1.29 is 9.47 Å². The van der Waals surface area contributed by atoms with Crippen LogP contribution in [0.5, 0.6) is 5.75 Å². The Bertz CT molecular complexity index is 895. The third-order valence-electron chi connectivity index (χ3n) is 5.79. The zero-order valence-electron chi connectivity index (χ0n) is 19.7. The first-order chi connectivity index (χ1) is 15.2. The Balaban J connectivity index is 1.59. The molecule has 1 aromatic carbocycles. The minimum absolute atomic E-state index is 0.0314. The molecule has 2 fully saturated rings. The highest BCUT2D eigenvalue weighted by Gasteiger charge is 2.38. The smallest absolute Gasteiger partial charge is 0.233 e. The van der Waals surface area contributed by atoms with E-state index in [9.17, 15) is 0 Å². The van der Waals surface area contributed by atoms with Crippen LogP contribution in [-0.2, 0) is 4.74 Å². The lowest BCUT2D eigenvalue weighted by Crippen LogP contribution is -2.60. The van der Waals surface area contributed by atoms with Gasteiger partial charge in [-0.2, -0.15) is 15.0 Å². The fourth-order valence-electron chi connectivity index (χ4n) is 4.80. The molecule has 9 nitrogen and oxygen atoms in total. The third-order valence-corrected chi connectivity index (χ3v) is 5.79. The van der Waals surface area contributed by atoms with Crippen LogP contribution in [-0.4, -0.2) is 65.5 Å². The number of hydrogen-bond acceptors (Lipinski definition) is 9. The van der Waals surface area contributed by atoms with Crippen molar-refractivity contribution in [1.82, 2.24) is 20.3 Å². The number of anilines is 4. The van der Waals surface area contributed by atoms with Crippen LogP contribution in [0.4, 0.5) is 23.5 Å². The van der Waals surface area contributed by atoms with Crippen molar-refractivity contribution in [3.63, 3.8) is 0 Å². The Morgan fingerprint density at radius 1 is 0.969 bits per heavy atom. The molecule has 9 heteroatoms. The Morgan fingerprint density at radius 2 is 1.59 bits per heavy atom. The monoisotopic (exact) mass is 441 g/mol. The molecule has 0 spiro atoms. The lowest BCUT2D eigenvalue weighted by molar-refractivity contribution is 0.122. The van der Waals surface area contributed by atoms with E-state index < -0.39 is 0 Å². The van der Waals surface area contributed by atoms with Gasteiger partial charge in [0.15, 0.2) is 0 Å². The van der Waals surface area contributed by atoms with Gasteiger partial charge in [-0.15, -0.1) is 0 Å². The molecule has 0 atom stereocenters. The molecule has 32 heavy (non-hydrogen) atoms. The fraction of sp³-hybridized carbons (Fsp3) is 0.609. The third kappa shape index (κ3) is 5.77. The molecule has 1 aromatic heterocycles. The number of benzene rings is 1. The van der Waals surface area contributed by atoms with Crippen LogP contribution in [0.2, 0.25) is 0 Å². The second-order valence-corrected chi connectivity index (χ2v) is 9.88. The normalized spacial score (nSPS) is 20.6. The quantitative estimate of drug-likeness (QED) is 0.624. The van der Waals surface area contributed by atoms with E-state index in [1.165, 1.54) is 0 Å². The lowest BCUT2D eigenvalue weighted by atomic mass is 9.80. The van der Waals surface area contributed by atoms with Crippen LogP contribution in [0.25, 0.3) is 0 Å². The molecule has 3 N–H and O–H groups in total. The first kappa shape index (κ1) is 22.5. The minimum Gasteiger partial charge on any atom is -0.497 e. The number of rotatable bonds is 6. The van der Waals surface area contributed by atoms with Crippen molar-refractivity contribution >= 4 is 23.5 Å². The van der Waals surface area contributed by atoms with E-state index in [2.05, 4.69) is 48.5 Å². The van der Waals surface area contributed by atoms with E-state index in [4.69, 9.17) is 24.4 Å². The van der Waals surface area contributed by atoms with E-state index in [1.54, 1.807) is 7.11 Å².